The van der Waals surface area contributed by atoms with Gasteiger partial charge in [0, 0.05) is 43.9 Å². The molecule has 5 heteroatoms. The summed E-state index contributed by atoms with van der Waals surface area (Å²) in [6.07, 6.45) is 0. The summed E-state index contributed by atoms with van der Waals surface area (Å²) in [5.74, 6) is 1.77. The van der Waals surface area contributed by atoms with Gasteiger partial charge in [-0.05, 0) is 70.4 Å². The molecule has 3 heterocycles. The average molecular weight is 691 g/mol. The molecule has 3 aromatic heterocycles. The predicted octanol–water partition coefficient (Wildman–Crippen LogP) is 12.7. The van der Waals surface area contributed by atoms with Crippen LogP contribution in [0.2, 0.25) is 0 Å². The second-order valence-electron chi connectivity index (χ2n) is 13.6. The van der Waals surface area contributed by atoms with Crippen molar-refractivity contribution in [2.24, 2.45) is 0 Å². The van der Waals surface area contributed by atoms with Crippen molar-refractivity contribution in [3.05, 3.63) is 182 Å². The highest BCUT2D eigenvalue weighted by atomic mass is 16.3. The minimum absolute atomic E-state index is 0.574. The third-order valence-corrected chi connectivity index (χ3v) is 10.4. The summed E-state index contributed by atoms with van der Waals surface area (Å²) in [7, 11) is 0. The van der Waals surface area contributed by atoms with Gasteiger partial charge in [0.15, 0.2) is 17.5 Å². The summed E-state index contributed by atoms with van der Waals surface area (Å²) < 4.78 is 8.83. The minimum Gasteiger partial charge on any atom is -0.456 e. The normalized spacial score (nSPS) is 11.7. The van der Waals surface area contributed by atoms with Crippen molar-refractivity contribution in [1.29, 1.82) is 0 Å². The molecule has 0 aliphatic rings. The van der Waals surface area contributed by atoms with Crippen LogP contribution < -0.4 is 0 Å². The van der Waals surface area contributed by atoms with E-state index >= 15 is 0 Å². The van der Waals surface area contributed by atoms with E-state index in [1.165, 1.54) is 10.8 Å². The van der Waals surface area contributed by atoms with Crippen molar-refractivity contribution in [3.8, 4) is 51.0 Å². The highest BCUT2D eigenvalue weighted by Gasteiger charge is 2.19. The van der Waals surface area contributed by atoms with E-state index in [1.807, 2.05) is 18.2 Å². The third-order valence-electron chi connectivity index (χ3n) is 10.4. The Kier molecular flexibility index (Phi) is 6.79. The molecule has 0 N–H and O–H groups in total. The number of hydrogen-bond acceptors (Lipinski definition) is 4. The SMILES string of the molecule is c1ccc(-c2cc(-c3nc(-c4cccc(-n5c6ccccc6c6ccccc65)c4)nc(-c4ccc5ccccc5c4)n3)cc3oc4ccccc4c23)cc1. The maximum atomic E-state index is 6.51. The number of furan rings is 1. The van der Waals surface area contributed by atoms with Gasteiger partial charge in [-0.25, -0.2) is 15.0 Å². The predicted molar refractivity (Wildman–Crippen MR) is 221 cm³/mol. The van der Waals surface area contributed by atoms with Gasteiger partial charge in [-0.3, -0.25) is 0 Å². The first-order chi connectivity index (χ1) is 26.7. The first-order valence-corrected chi connectivity index (χ1v) is 18.1. The largest absolute Gasteiger partial charge is 0.456 e. The molecule has 0 unspecified atom stereocenters. The summed E-state index contributed by atoms with van der Waals surface area (Å²) in [4.78, 5) is 15.6. The molecule has 0 aliphatic carbocycles. The highest BCUT2D eigenvalue weighted by Crippen LogP contribution is 2.40. The van der Waals surface area contributed by atoms with Gasteiger partial charge in [-0.2, -0.15) is 0 Å². The lowest BCUT2D eigenvalue weighted by Crippen LogP contribution is -2.01. The van der Waals surface area contributed by atoms with Crippen molar-refractivity contribution >= 4 is 54.5 Å². The Morgan fingerprint density at radius 2 is 0.963 bits per heavy atom. The van der Waals surface area contributed by atoms with E-state index in [0.29, 0.717) is 17.5 Å². The van der Waals surface area contributed by atoms with Crippen molar-refractivity contribution in [1.82, 2.24) is 19.5 Å². The van der Waals surface area contributed by atoms with E-state index in [4.69, 9.17) is 19.4 Å². The van der Waals surface area contributed by atoms with E-state index in [0.717, 1.165) is 77.2 Å². The molecular formula is C49H30N4O. The molecule has 5 nitrogen and oxygen atoms in total. The number of para-hydroxylation sites is 3. The molecule has 0 aliphatic heterocycles. The van der Waals surface area contributed by atoms with Crippen LogP contribution in [0.15, 0.2) is 186 Å². The van der Waals surface area contributed by atoms with E-state index in [1.54, 1.807) is 0 Å². The standard InChI is InChI=1S/C49H30N4O/c1-2-14-32(15-3-1)41-29-36(30-45-46(41)40-21-8-11-24-44(40)54-45)49-51-47(50-48(52-49)35-26-25-31-13-4-5-16-33(31)27-35)34-17-12-18-37(28-34)53-42-22-9-6-19-38(42)39-20-7-10-23-43(39)53/h1-30H. The third kappa shape index (κ3) is 4.90. The molecular weight excluding hydrogens is 661 g/mol. The van der Waals surface area contributed by atoms with Gasteiger partial charge in [0.1, 0.15) is 11.2 Å². The molecule has 0 spiro atoms. The summed E-state index contributed by atoms with van der Waals surface area (Å²) >= 11 is 0. The van der Waals surface area contributed by atoms with Crippen LogP contribution in [0.3, 0.4) is 0 Å². The lowest BCUT2D eigenvalue weighted by molar-refractivity contribution is 0.669. The maximum absolute atomic E-state index is 6.51. The topological polar surface area (TPSA) is 56.7 Å². The number of rotatable bonds is 5. The molecule has 0 radical (unpaired) electrons. The lowest BCUT2D eigenvalue weighted by Gasteiger charge is -2.12. The second-order valence-corrected chi connectivity index (χ2v) is 13.6. The van der Waals surface area contributed by atoms with Crippen LogP contribution in [0.4, 0.5) is 0 Å². The van der Waals surface area contributed by atoms with Crippen LogP contribution in [0.25, 0.3) is 105 Å². The smallest absolute Gasteiger partial charge is 0.164 e. The fraction of sp³-hybridized carbons (Fsp3) is 0. The average Bonchev–Trinajstić information content (AvgIpc) is 3.79. The van der Waals surface area contributed by atoms with Gasteiger partial charge >= 0.3 is 0 Å². The van der Waals surface area contributed by atoms with Gasteiger partial charge in [0.2, 0.25) is 0 Å². The Bertz CT molecular complexity index is 3180. The van der Waals surface area contributed by atoms with Crippen LogP contribution in [0.1, 0.15) is 0 Å². The molecule has 0 saturated carbocycles. The number of benzene rings is 8. The van der Waals surface area contributed by atoms with Crippen molar-refractivity contribution in [3.63, 3.8) is 0 Å². The van der Waals surface area contributed by atoms with E-state index in [2.05, 4.69) is 168 Å². The molecule has 0 atom stereocenters. The molecule has 0 bridgehead atoms. The molecule has 54 heavy (non-hydrogen) atoms. The number of hydrogen-bond donors (Lipinski definition) is 0. The molecule has 11 aromatic rings. The lowest BCUT2D eigenvalue weighted by atomic mass is 9.97. The number of aromatic nitrogens is 4. The van der Waals surface area contributed by atoms with E-state index in [-0.39, 0.29) is 0 Å². The van der Waals surface area contributed by atoms with Gasteiger partial charge < -0.3 is 8.98 Å². The van der Waals surface area contributed by atoms with Crippen LogP contribution in [-0.4, -0.2) is 19.5 Å². The van der Waals surface area contributed by atoms with Crippen LogP contribution >= 0.6 is 0 Å². The van der Waals surface area contributed by atoms with Crippen molar-refractivity contribution in [2.75, 3.05) is 0 Å². The first-order valence-electron chi connectivity index (χ1n) is 18.1. The minimum atomic E-state index is 0.574. The Morgan fingerprint density at radius 1 is 0.370 bits per heavy atom. The summed E-state index contributed by atoms with van der Waals surface area (Å²) in [6, 6.07) is 63.3. The van der Waals surface area contributed by atoms with Gasteiger partial charge in [0.25, 0.3) is 0 Å². The van der Waals surface area contributed by atoms with Crippen LogP contribution in [0.5, 0.6) is 0 Å². The Balaban J connectivity index is 1.15. The Morgan fingerprint density at radius 3 is 1.72 bits per heavy atom. The fourth-order valence-corrected chi connectivity index (χ4v) is 7.91. The highest BCUT2D eigenvalue weighted by molar-refractivity contribution is 6.13. The summed E-state index contributed by atoms with van der Waals surface area (Å²) in [6.45, 7) is 0. The maximum Gasteiger partial charge on any atom is 0.164 e. The van der Waals surface area contributed by atoms with Crippen LogP contribution in [0, 0.1) is 0 Å². The van der Waals surface area contributed by atoms with Crippen LogP contribution in [-0.2, 0) is 0 Å². The Hall–Kier alpha value is -7.37. The van der Waals surface area contributed by atoms with E-state index < -0.39 is 0 Å². The van der Waals surface area contributed by atoms with Gasteiger partial charge in [-0.15, -0.1) is 0 Å². The first kappa shape index (κ1) is 30.3. The number of fused-ring (bicyclic) bond motifs is 7. The zero-order chi connectivity index (χ0) is 35.6. The molecule has 11 rings (SSSR count). The van der Waals surface area contributed by atoms with Gasteiger partial charge in [-0.1, -0.05) is 133 Å². The fourth-order valence-electron chi connectivity index (χ4n) is 7.91. The van der Waals surface area contributed by atoms with Crippen molar-refractivity contribution in [2.45, 2.75) is 0 Å². The number of nitrogens with zero attached hydrogens (tertiary/aromatic N) is 4. The Labute approximate surface area is 310 Å². The summed E-state index contributed by atoms with van der Waals surface area (Å²) in [5, 5.41) is 6.88. The quantitative estimate of drug-likeness (QED) is 0.180. The monoisotopic (exact) mass is 690 g/mol. The molecule has 252 valence electrons. The zero-order valence-electron chi connectivity index (χ0n) is 29.0. The summed E-state index contributed by atoms with van der Waals surface area (Å²) in [5.41, 5.74) is 9.80. The molecule has 0 saturated heterocycles. The molecule has 0 fully saturated rings. The zero-order valence-corrected chi connectivity index (χ0v) is 29.0. The molecule has 0 amide bonds. The second kappa shape index (κ2) is 12.1. The molecule has 8 aromatic carbocycles. The van der Waals surface area contributed by atoms with E-state index in [9.17, 15) is 0 Å². The van der Waals surface area contributed by atoms with Gasteiger partial charge in [0.05, 0.1) is 11.0 Å². The van der Waals surface area contributed by atoms with Crippen molar-refractivity contribution < 1.29 is 4.42 Å².